The van der Waals surface area contributed by atoms with Gasteiger partial charge in [0.1, 0.15) is 5.82 Å². The lowest BCUT2D eigenvalue weighted by Crippen LogP contribution is -2.11. The number of hydrogen-bond acceptors (Lipinski definition) is 2. The smallest absolute Gasteiger partial charge is 0.128 e. The van der Waals surface area contributed by atoms with Crippen molar-refractivity contribution in [1.82, 2.24) is 9.97 Å². The van der Waals surface area contributed by atoms with Crippen LogP contribution in [0.2, 0.25) is 0 Å². The molecule has 0 atom stereocenters. The van der Waals surface area contributed by atoms with Gasteiger partial charge >= 0.3 is 0 Å². The van der Waals surface area contributed by atoms with E-state index in [4.69, 9.17) is 9.97 Å². The summed E-state index contributed by atoms with van der Waals surface area (Å²) in [6.45, 7) is 9.29. The first-order chi connectivity index (χ1) is 40.8. The molecule has 0 aliphatic rings. The van der Waals surface area contributed by atoms with Crippen LogP contribution in [0, 0.1) is 0 Å². The first-order valence-electron chi connectivity index (χ1n) is 39.6. The molecule has 1 aromatic rings. The average Bonchev–Trinajstić information content (AvgIpc) is 3.52. The number of nitrogens with zero attached hydrogens (tertiary/aromatic N) is 2. The van der Waals surface area contributed by atoms with E-state index in [0.717, 1.165) is 6.42 Å². The first-order valence-corrected chi connectivity index (χ1v) is 39.6. The highest BCUT2D eigenvalue weighted by Crippen LogP contribution is 2.25. The summed E-state index contributed by atoms with van der Waals surface area (Å²) >= 11 is 0. The molecule has 0 radical (unpaired) electrons. The minimum Gasteiger partial charge on any atom is -0.238 e. The quantitative estimate of drug-likeness (QED) is 0.0608. The minimum atomic E-state index is 1.06. The van der Waals surface area contributed by atoms with Gasteiger partial charge in [0, 0.05) is 17.8 Å². The number of hydrogen-bond donors (Lipinski definition) is 0. The molecule has 2 nitrogen and oxygen atoms in total. The Labute approximate surface area is 520 Å². The van der Waals surface area contributed by atoms with Crippen LogP contribution in [0.25, 0.3) is 0 Å². The van der Waals surface area contributed by atoms with Gasteiger partial charge in [0.15, 0.2) is 0 Å². The van der Waals surface area contributed by atoms with Crippen molar-refractivity contribution in [3.63, 3.8) is 0 Å². The normalized spacial score (nSPS) is 11.8. The fraction of sp³-hybridized carbons (Fsp3) is 0.950. The van der Waals surface area contributed by atoms with Crippen LogP contribution in [0.3, 0.4) is 0 Å². The van der Waals surface area contributed by atoms with Crippen LogP contribution in [-0.4, -0.2) is 9.97 Å². The van der Waals surface area contributed by atoms with E-state index in [9.17, 15) is 0 Å². The van der Waals surface area contributed by atoms with Gasteiger partial charge in [-0.25, -0.2) is 9.97 Å². The topological polar surface area (TPSA) is 25.8 Å². The fourth-order valence-electron chi connectivity index (χ4n) is 13.5. The number of aryl methyl sites for hydroxylation is 3. The summed E-state index contributed by atoms with van der Waals surface area (Å²) < 4.78 is 0. The van der Waals surface area contributed by atoms with Crippen LogP contribution in [0.1, 0.15) is 487 Å². The van der Waals surface area contributed by atoms with E-state index in [1.165, 1.54) is 473 Å². The molecule has 1 heterocycles. The largest absolute Gasteiger partial charge is 0.238 e. The van der Waals surface area contributed by atoms with Crippen LogP contribution < -0.4 is 0 Å². The summed E-state index contributed by atoms with van der Waals surface area (Å²) in [5.41, 5.74) is 4.53. The average molecular weight is 1150 g/mol. The van der Waals surface area contributed by atoms with Crippen molar-refractivity contribution in [2.45, 2.75) is 490 Å². The van der Waals surface area contributed by atoms with E-state index in [1.807, 2.05) is 0 Å². The number of aromatic nitrogens is 2. The highest BCUT2D eigenvalue weighted by Gasteiger charge is 2.15. The first kappa shape index (κ1) is 79.1. The summed E-state index contributed by atoms with van der Waals surface area (Å²) in [6, 6.07) is 0. The van der Waals surface area contributed by atoms with Crippen molar-refractivity contribution in [3.8, 4) is 0 Å². The SMILES string of the molecule is CCCCCCCCCCCCCCCCCCCCCCCCc1nc(CCCC)nc(CCCCCCCCCCCCCCCCCCCCCCCC)c1CCCCCCCCCCCCCCCCCCCCCCCC. The second-order valence-corrected chi connectivity index (χ2v) is 27.6. The monoisotopic (exact) mass is 1150 g/mol. The Morgan fingerprint density at radius 1 is 0.146 bits per heavy atom. The van der Waals surface area contributed by atoms with Crippen molar-refractivity contribution in [1.29, 1.82) is 0 Å². The molecule has 486 valence electrons. The van der Waals surface area contributed by atoms with Gasteiger partial charge in [0.2, 0.25) is 0 Å². The van der Waals surface area contributed by atoms with Gasteiger partial charge in [-0.2, -0.15) is 0 Å². The molecule has 1 aromatic heterocycles. The second kappa shape index (κ2) is 69.2. The molecule has 0 amide bonds. The van der Waals surface area contributed by atoms with Gasteiger partial charge in [0.25, 0.3) is 0 Å². The molecule has 0 bridgehead atoms. The predicted molar refractivity (Wildman–Crippen MR) is 374 cm³/mol. The van der Waals surface area contributed by atoms with E-state index in [2.05, 4.69) is 27.7 Å². The highest BCUT2D eigenvalue weighted by atomic mass is 14.9. The predicted octanol–water partition coefficient (Wildman–Crippen LogP) is 29.3. The Morgan fingerprint density at radius 2 is 0.293 bits per heavy atom. The maximum Gasteiger partial charge on any atom is 0.128 e. The van der Waals surface area contributed by atoms with E-state index >= 15 is 0 Å². The third kappa shape index (κ3) is 58.1. The summed E-state index contributed by atoms with van der Waals surface area (Å²) in [5.74, 6) is 1.17. The van der Waals surface area contributed by atoms with Gasteiger partial charge in [0.05, 0.1) is 0 Å². The van der Waals surface area contributed by atoms with E-state index < -0.39 is 0 Å². The Bertz CT molecular complexity index is 1250. The standard InChI is InChI=1S/C80H156N2/c1-5-9-13-16-19-22-25-28-31-34-37-40-43-46-49-52-55-58-61-64-67-70-73-77-78(74-71-68-65-62-59-56-53-50-47-44-41-38-35-32-29-26-23-20-17-14-10-6-2)81-80(76-12-8-4)82-79(77)75-72-69-66-63-60-57-54-51-48-45-42-39-36-33-30-27-24-21-18-15-11-7-3/h5-76H2,1-4H3. The Hall–Kier alpha value is -0.920. The molecule has 0 aliphatic carbocycles. The molecule has 0 aliphatic heterocycles. The maximum atomic E-state index is 5.43. The summed E-state index contributed by atoms with van der Waals surface area (Å²) in [5, 5.41) is 0. The van der Waals surface area contributed by atoms with Crippen LogP contribution in [0.5, 0.6) is 0 Å². The molecular weight excluding hydrogens is 989 g/mol. The number of rotatable bonds is 72. The Morgan fingerprint density at radius 3 is 0.463 bits per heavy atom. The zero-order valence-corrected chi connectivity index (χ0v) is 57.8. The second-order valence-electron chi connectivity index (χ2n) is 27.6. The van der Waals surface area contributed by atoms with Crippen molar-refractivity contribution in [2.75, 3.05) is 0 Å². The zero-order chi connectivity index (χ0) is 58.6. The Balaban J connectivity index is 2.42. The third-order valence-corrected chi connectivity index (χ3v) is 19.3. The fourth-order valence-corrected chi connectivity index (χ4v) is 13.5. The lowest BCUT2D eigenvalue weighted by atomic mass is 9.96. The molecule has 0 saturated carbocycles. The van der Waals surface area contributed by atoms with Crippen molar-refractivity contribution in [3.05, 3.63) is 22.8 Å². The van der Waals surface area contributed by atoms with Crippen molar-refractivity contribution >= 4 is 0 Å². The zero-order valence-electron chi connectivity index (χ0n) is 57.8. The molecular formula is C80H156N2. The molecule has 0 aromatic carbocycles. The molecule has 1 rings (SSSR count). The van der Waals surface area contributed by atoms with E-state index in [1.54, 1.807) is 5.56 Å². The van der Waals surface area contributed by atoms with E-state index in [-0.39, 0.29) is 0 Å². The van der Waals surface area contributed by atoms with Gasteiger partial charge < -0.3 is 0 Å². The Kier molecular flexibility index (Phi) is 66.7. The molecule has 0 N–H and O–H groups in total. The summed E-state index contributed by atoms with van der Waals surface area (Å²) in [6.07, 6.45) is 103. The highest BCUT2D eigenvalue weighted by molar-refractivity contribution is 5.27. The lowest BCUT2D eigenvalue weighted by Gasteiger charge is -2.16. The summed E-state index contributed by atoms with van der Waals surface area (Å²) in [7, 11) is 0. The van der Waals surface area contributed by atoms with Gasteiger partial charge in [-0.1, -0.05) is 439 Å². The van der Waals surface area contributed by atoms with E-state index in [0.29, 0.717) is 0 Å². The molecule has 0 spiro atoms. The van der Waals surface area contributed by atoms with Gasteiger partial charge in [-0.15, -0.1) is 0 Å². The molecule has 82 heavy (non-hydrogen) atoms. The van der Waals surface area contributed by atoms with Crippen molar-refractivity contribution in [2.24, 2.45) is 0 Å². The van der Waals surface area contributed by atoms with Gasteiger partial charge in [-0.3, -0.25) is 0 Å². The lowest BCUT2D eigenvalue weighted by molar-refractivity contribution is 0.517. The van der Waals surface area contributed by atoms with Crippen molar-refractivity contribution < 1.29 is 0 Å². The maximum absolute atomic E-state index is 5.43. The molecule has 0 saturated heterocycles. The van der Waals surface area contributed by atoms with Crippen LogP contribution in [0.15, 0.2) is 0 Å². The summed E-state index contributed by atoms with van der Waals surface area (Å²) in [4.78, 5) is 10.9. The molecule has 0 unspecified atom stereocenters. The van der Waals surface area contributed by atoms with Gasteiger partial charge in [-0.05, 0) is 50.5 Å². The van der Waals surface area contributed by atoms with Crippen LogP contribution >= 0.6 is 0 Å². The molecule has 2 heteroatoms. The third-order valence-electron chi connectivity index (χ3n) is 19.3. The van der Waals surface area contributed by atoms with Crippen LogP contribution in [0.4, 0.5) is 0 Å². The minimum absolute atomic E-state index is 1.06. The van der Waals surface area contributed by atoms with Crippen LogP contribution in [-0.2, 0) is 25.7 Å². The molecule has 0 fully saturated rings. The number of unbranched alkanes of at least 4 members (excludes halogenated alkanes) is 64.